The van der Waals surface area contributed by atoms with Crippen molar-refractivity contribution in [2.24, 2.45) is 0 Å². The molecule has 0 saturated carbocycles. The molecule has 6 rings (SSSR count). The quantitative estimate of drug-likeness (QED) is 0.0867. The molecule has 0 aromatic carbocycles. The molecule has 3 unspecified atom stereocenters. The highest BCUT2D eigenvalue weighted by atomic mass is 32.7. The van der Waals surface area contributed by atoms with Gasteiger partial charge in [0.15, 0.2) is 14.5 Å². The Bertz CT molecular complexity index is 1990. The van der Waals surface area contributed by atoms with E-state index in [-0.39, 0.29) is 36.0 Å². The Kier molecular flexibility index (Phi) is 10.9. The number of nitrogen functional groups attached to an aromatic ring is 1. The van der Waals surface area contributed by atoms with Crippen LogP contribution in [0.3, 0.4) is 0 Å². The zero-order valence-corrected chi connectivity index (χ0v) is 32.7. The smallest absolute Gasteiger partial charge is 0.386 e. The standard InChI is InChI=1S/C29H42N6O10P2S2Si/c1-29(2,3)50(4,5)45-24-21(15-40-46(38)48)43-27(35-12-8-22(37)33-13-10-32-28(33)35)25(24)44-47(39,49)41-16-20-19(36)14-23(42-20)34-11-7-17-18(30)6-9-31-26(17)34/h6-13,19-21,23-25,27,36,46H,14-16H2,1-5H3,(H2,30,31)(H,38,48)(H,39,49)/t19-,20+,21+,23+,24?,25+,27+,47?/m0/s1. The maximum absolute atomic E-state index is 14.1. The highest BCUT2D eigenvalue weighted by Gasteiger charge is 2.54. The van der Waals surface area contributed by atoms with E-state index in [1.165, 1.54) is 29.1 Å². The third-order valence-corrected chi connectivity index (χ3v) is 16.3. The first-order valence-electron chi connectivity index (χ1n) is 15.9. The van der Waals surface area contributed by atoms with Gasteiger partial charge in [0.25, 0.3) is 5.56 Å². The minimum absolute atomic E-state index is 0.183. The van der Waals surface area contributed by atoms with Crippen molar-refractivity contribution in [1.29, 1.82) is 0 Å². The van der Waals surface area contributed by atoms with Gasteiger partial charge >= 0.3 is 6.80 Å². The van der Waals surface area contributed by atoms with Crippen LogP contribution in [0, 0.1) is 0 Å². The summed E-state index contributed by atoms with van der Waals surface area (Å²) < 4.78 is 67.5. The molecule has 50 heavy (non-hydrogen) atoms. The van der Waals surface area contributed by atoms with Crippen LogP contribution in [0.1, 0.15) is 39.6 Å². The van der Waals surface area contributed by atoms with E-state index in [1.54, 1.807) is 27.6 Å². The average molecular weight is 789 g/mol. The molecule has 2 aliphatic heterocycles. The summed E-state index contributed by atoms with van der Waals surface area (Å²) in [6.45, 7) is 5.48. The second kappa shape index (κ2) is 14.4. The lowest BCUT2D eigenvalue weighted by atomic mass is 10.1. The fraction of sp³-hybridized carbons (Fsp3) is 0.552. The molecule has 21 heteroatoms. The molecule has 274 valence electrons. The molecule has 4 aromatic rings. The summed E-state index contributed by atoms with van der Waals surface area (Å²) in [5.74, 6) is 0.226. The molecular weight excluding hydrogens is 747 g/mol. The number of fused-ring (bicyclic) bond motifs is 2. The van der Waals surface area contributed by atoms with E-state index in [0.717, 1.165) is 5.39 Å². The third-order valence-electron chi connectivity index (χ3n) is 9.46. The number of ether oxygens (including phenoxy) is 2. The Labute approximate surface area is 300 Å². The first kappa shape index (κ1) is 37.8. The Balaban J connectivity index is 1.27. The minimum Gasteiger partial charge on any atom is -0.408 e. The summed E-state index contributed by atoms with van der Waals surface area (Å²) in [5, 5.41) is 11.4. The van der Waals surface area contributed by atoms with Crippen LogP contribution >= 0.6 is 38.5 Å². The lowest BCUT2D eigenvalue weighted by molar-refractivity contribution is -0.0503. The molecule has 0 aliphatic carbocycles. The van der Waals surface area contributed by atoms with Crippen molar-refractivity contribution >= 4 is 69.3 Å². The predicted molar refractivity (Wildman–Crippen MR) is 195 cm³/mol. The molecule has 0 bridgehead atoms. The number of aromatic nitrogens is 5. The van der Waals surface area contributed by atoms with E-state index in [9.17, 15) is 19.0 Å². The fourth-order valence-electron chi connectivity index (χ4n) is 5.84. The molecule has 0 amide bonds. The number of anilines is 1. The van der Waals surface area contributed by atoms with Crippen molar-refractivity contribution in [3.63, 3.8) is 0 Å². The summed E-state index contributed by atoms with van der Waals surface area (Å²) in [4.78, 5) is 21.3. The van der Waals surface area contributed by atoms with Crippen LogP contribution in [0.15, 0.2) is 54.0 Å². The summed E-state index contributed by atoms with van der Waals surface area (Å²) in [7, 11) is -5.25. The van der Waals surface area contributed by atoms with E-state index in [1.807, 2.05) is 19.2 Å². The Hall–Kier alpha value is -1.99. The number of rotatable bonds is 12. The Morgan fingerprint density at radius 1 is 1.08 bits per heavy atom. The van der Waals surface area contributed by atoms with Crippen molar-refractivity contribution in [2.45, 2.75) is 88.3 Å². The second-order valence-corrected chi connectivity index (χ2v) is 23.3. The number of nitrogens with zero attached hydrogens (tertiary/aromatic N) is 5. The molecular formula is C29H42N6O10P2S2Si. The van der Waals surface area contributed by atoms with Gasteiger partial charge in [0.2, 0.25) is 13.0 Å². The Morgan fingerprint density at radius 3 is 2.54 bits per heavy atom. The van der Waals surface area contributed by atoms with Crippen LogP contribution in [0.25, 0.3) is 16.8 Å². The van der Waals surface area contributed by atoms with Crippen LogP contribution in [0.4, 0.5) is 5.69 Å². The largest absolute Gasteiger partial charge is 0.408 e. The molecule has 16 nitrogen and oxygen atoms in total. The van der Waals surface area contributed by atoms with E-state index in [0.29, 0.717) is 11.3 Å². The number of pyridine rings is 1. The van der Waals surface area contributed by atoms with Gasteiger partial charge in [-0.1, -0.05) is 45.3 Å². The van der Waals surface area contributed by atoms with Crippen LogP contribution < -0.4 is 11.3 Å². The highest BCUT2D eigenvalue weighted by molar-refractivity contribution is 8.44. The first-order chi connectivity index (χ1) is 23.5. The van der Waals surface area contributed by atoms with Crippen LogP contribution in [-0.4, -0.2) is 80.7 Å². The first-order valence-corrected chi connectivity index (χ1v) is 24.1. The summed E-state index contributed by atoms with van der Waals surface area (Å²) in [5.41, 5.74) is 6.93. The molecule has 0 radical (unpaired) electrons. The lowest BCUT2D eigenvalue weighted by Crippen LogP contribution is -2.50. The van der Waals surface area contributed by atoms with E-state index < -0.39 is 65.3 Å². The van der Waals surface area contributed by atoms with Crippen molar-refractivity contribution < 1.29 is 41.7 Å². The zero-order valence-electron chi connectivity index (χ0n) is 28.1. The molecule has 4 aromatic heterocycles. The fourth-order valence-corrected chi connectivity index (χ4v) is 9.14. The van der Waals surface area contributed by atoms with Gasteiger partial charge in [-0.05, 0) is 30.3 Å². The lowest BCUT2D eigenvalue weighted by Gasteiger charge is -2.40. The number of hydrogen-bond donors (Lipinski definition) is 4. The Morgan fingerprint density at radius 2 is 1.82 bits per heavy atom. The van der Waals surface area contributed by atoms with Crippen molar-refractivity contribution in [1.82, 2.24) is 23.5 Å². The van der Waals surface area contributed by atoms with Gasteiger partial charge in [-0.3, -0.25) is 27.4 Å². The molecule has 0 spiro atoms. The number of imidazole rings is 1. The van der Waals surface area contributed by atoms with Gasteiger partial charge in [0.05, 0.1) is 19.3 Å². The van der Waals surface area contributed by atoms with Crippen molar-refractivity contribution in [3.05, 3.63) is 59.5 Å². The number of aliphatic hydroxyl groups is 1. The molecule has 2 saturated heterocycles. The highest BCUT2D eigenvalue weighted by Crippen LogP contribution is 2.58. The monoisotopic (exact) mass is 788 g/mol. The van der Waals surface area contributed by atoms with Crippen molar-refractivity contribution in [3.8, 4) is 0 Å². The second-order valence-electron chi connectivity index (χ2n) is 13.8. The van der Waals surface area contributed by atoms with E-state index in [4.69, 9.17) is 33.2 Å². The van der Waals surface area contributed by atoms with Crippen molar-refractivity contribution in [2.75, 3.05) is 18.9 Å². The van der Waals surface area contributed by atoms with Gasteiger partial charge in [-0.2, -0.15) is 0 Å². The summed E-state index contributed by atoms with van der Waals surface area (Å²) >= 11 is 8.26. The van der Waals surface area contributed by atoms with E-state index in [2.05, 4.69) is 55.2 Å². The van der Waals surface area contributed by atoms with Crippen LogP contribution in [-0.2, 0) is 36.6 Å². The number of hydrogen-bond acceptors (Lipinski definition) is 13. The van der Waals surface area contributed by atoms with Gasteiger partial charge < -0.3 is 33.8 Å². The SMILES string of the molecule is CC(C)(C)[Si](C)(C)OC1[C@@H](OP(=O)(S)OC[C@H]2O[C@@H](n3ccc4c(N)ccnc43)C[C@@H]2O)[C@H](n2ccc(=O)n3ccnc23)O[C@@H]1CO[PH](=O)S. The molecule has 6 heterocycles. The zero-order chi connectivity index (χ0) is 36.2. The minimum atomic E-state index is -4.26. The third kappa shape index (κ3) is 7.70. The molecule has 2 fully saturated rings. The normalized spacial score (nSPS) is 28.0. The topological polar surface area (TPSA) is 193 Å². The van der Waals surface area contributed by atoms with E-state index >= 15 is 0 Å². The maximum Gasteiger partial charge on any atom is 0.386 e. The van der Waals surface area contributed by atoms with Gasteiger partial charge in [0.1, 0.15) is 36.3 Å². The van der Waals surface area contributed by atoms with Gasteiger partial charge in [0, 0.05) is 54.5 Å². The number of nitrogens with two attached hydrogens (primary N) is 1. The maximum atomic E-state index is 14.1. The van der Waals surface area contributed by atoms with Crippen LogP contribution in [0.5, 0.6) is 0 Å². The van der Waals surface area contributed by atoms with Crippen LogP contribution in [0.2, 0.25) is 18.1 Å². The summed E-state index contributed by atoms with van der Waals surface area (Å²) in [6, 6.07) is 4.86. The molecule has 2 aliphatic rings. The summed E-state index contributed by atoms with van der Waals surface area (Å²) in [6.07, 6.45) is 1.59. The van der Waals surface area contributed by atoms with Gasteiger partial charge in [-0.15, -0.1) is 0 Å². The molecule has 9 atom stereocenters. The predicted octanol–water partition coefficient (Wildman–Crippen LogP) is 4.84. The number of thiol groups is 2. The molecule has 3 N–H and O–H groups in total. The number of aliphatic hydroxyl groups excluding tert-OH is 1. The average Bonchev–Trinajstić information content (AvgIpc) is 3.82. The van der Waals surface area contributed by atoms with Gasteiger partial charge in [-0.25, -0.2) is 14.5 Å².